The number of nitrogens with zero attached hydrogens (tertiary/aromatic N) is 1. The van der Waals surface area contributed by atoms with Gasteiger partial charge in [-0.2, -0.15) is 0 Å². The maximum absolute atomic E-state index is 9.61. The van der Waals surface area contributed by atoms with Crippen molar-refractivity contribution in [3.63, 3.8) is 0 Å². The van der Waals surface area contributed by atoms with Gasteiger partial charge in [-0.15, -0.1) is 0 Å². The van der Waals surface area contributed by atoms with Gasteiger partial charge >= 0.3 is 0 Å². The Morgan fingerprint density at radius 3 is 2.61 bits per heavy atom. The van der Waals surface area contributed by atoms with Gasteiger partial charge in [-0.1, -0.05) is 12.1 Å². The third kappa shape index (κ3) is 1.95. The molecule has 2 aliphatic rings. The highest BCUT2D eigenvalue weighted by Gasteiger charge is 2.48. The highest BCUT2D eigenvalue weighted by Crippen LogP contribution is 2.30. The topological polar surface area (TPSA) is 52.3 Å². The van der Waals surface area contributed by atoms with E-state index in [2.05, 4.69) is 4.85 Å². The highest BCUT2D eigenvalue weighted by molar-refractivity contribution is 5.47. The molecule has 18 heavy (non-hydrogen) atoms. The number of fused-ring (bicyclic) bond motifs is 1. The number of hydrogen-bond acceptors (Lipinski definition) is 4. The van der Waals surface area contributed by atoms with Gasteiger partial charge in [-0.05, 0) is 12.1 Å². The monoisotopic (exact) mass is 247 g/mol. The lowest BCUT2D eigenvalue weighted by molar-refractivity contribution is 0.00863. The Kier molecular flexibility index (Phi) is 2.92. The summed E-state index contributed by atoms with van der Waals surface area (Å²) in [5.41, 5.74) is 0.579. The molecule has 4 atom stereocenters. The van der Waals surface area contributed by atoms with E-state index in [9.17, 15) is 5.11 Å². The molecule has 2 heterocycles. The molecule has 2 saturated heterocycles. The summed E-state index contributed by atoms with van der Waals surface area (Å²) in [4.78, 5) is 3.32. The lowest BCUT2D eigenvalue weighted by Crippen LogP contribution is -2.34. The van der Waals surface area contributed by atoms with Crippen LogP contribution in [0.2, 0.25) is 0 Å². The number of hydrogen-bond donors (Lipinski definition) is 1. The summed E-state index contributed by atoms with van der Waals surface area (Å²) in [6.07, 6.45) is -1.25. The van der Waals surface area contributed by atoms with Crippen LogP contribution in [0.4, 0.5) is 5.69 Å². The fraction of sp³-hybridized carbons (Fsp3) is 0.462. The molecule has 1 aromatic carbocycles. The van der Waals surface area contributed by atoms with Gasteiger partial charge in [0.2, 0.25) is 0 Å². The molecule has 1 aromatic rings. The van der Waals surface area contributed by atoms with Crippen molar-refractivity contribution in [1.82, 2.24) is 0 Å². The number of benzene rings is 1. The third-order valence-corrected chi connectivity index (χ3v) is 3.24. The number of aliphatic hydroxyl groups is 1. The summed E-state index contributed by atoms with van der Waals surface area (Å²) in [7, 11) is 0. The van der Waals surface area contributed by atoms with Crippen LogP contribution in [0.15, 0.2) is 24.3 Å². The van der Waals surface area contributed by atoms with E-state index in [0.717, 1.165) is 0 Å². The molecule has 94 valence electrons. The maximum Gasteiger partial charge on any atom is 0.187 e. The Bertz CT molecular complexity index is 467. The molecular weight excluding hydrogens is 234 g/mol. The van der Waals surface area contributed by atoms with E-state index in [1.807, 2.05) is 0 Å². The average molecular weight is 247 g/mol. The van der Waals surface area contributed by atoms with E-state index in [4.69, 9.17) is 20.8 Å². The van der Waals surface area contributed by atoms with Crippen LogP contribution in [0, 0.1) is 6.57 Å². The summed E-state index contributed by atoms with van der Waals surface area (Å²) >= 11 is 0. The lowest BCUT2D eigenvalue weighted by atomic mass is 10.1. The fourth-order valence-corrected chi connectivity index (χ4v) is 2.32. The Hall–Kier alpha value is -1.61. The average Bonchev–Trinajstić information content (AvgIpc) is 2.95. The molecule has 1 N–H and O–H groups in total. The Morgan fingerprint density at radius 1 is 1.17 bits per heavy atom. The van der Waals surface area contributed by atoms with Crippen LogP contribution in [0.3, 0.4) is 0 Å². The molecule has 2 fully saturated rings. The summed E-state index contributed by atoms with van der Waals surface area (Å²) in [6, 6.07) is 6.93. The normalized spacial score (nSPS) is 34.0. The Morgan fingerprint density at radius 2 is 1.89 bits per heavy atom. The predicted molar refractivity (Wildman–Crippen MR) is 62.6 cm³/mol. The van der Waals surface area contributed by atoms with E-state index in [1.165, 1.54) is 0 Å². The zero-order chi connectivity index (χ0) is 12.5. The SMILES string of the molecule is [C-]#[N+]c1ccc(O[C@@H]2CO[C@H]3[C@@H]2OC[C@@H]3O)cc1. The molecule has 0 amide bonds. The van der Waals surface area contributed by atoms with Gasteiger partial charge in [-0.3, -0.25) is 0 Å². The van der Waals surface area contributed by atoms with E-state index in [1.54, 1.807) is 24.3 Å². The van der Waals surface area contributed by atoms with Gasteiger partial charge in [0.25, 0.3) is 0 Å². The van der Waals surface area contributed by atoms with E-state index in [0.29, 0.717) is 24.7 Å². The fourth-order valence-electron chi connectivity index (χ4n) is 2.32. The van der Waals surface area contributed by atoms with Crippen molar-refractivity contribution >= 4 is 5.69 Å². The molecular formula is C13H13NO4. The van der Waals surface area contributed by atoms with Gasteiger partial charge in [0, 0.05) is 0 Å². The standard InChI is InChI=1S/C13H13NO4/c1-14-8-2-4-9(5-3-8)18-11-7-17-12-10(15)6-16-13(11)12/h2-5,10-13,15H,6-7H2/t10-,11+,12+,13+/m0/s1. The molecule has 2 aliphatic heterocycles. The van der Waals surface area contributed by atoms with Crippen molar-refractivity contribution < 1.29 is 19.3 Å². The molecule has 0 aliphatic carbocycles. The zero-order valence-corrected chi connectivity index (χ0v) is 9.65. The molecule has 0 radical (unpaired) electrons. The minimum absolute atomic E-state index is 0.203. The van der Waals surface area contributed by atoms with Gasteiger partial charge < -0.3 is 19.3 Å². The van der Waals surface area contributed by atoms with E-state index in [-0.39, 0.29) is 18.3 Å². The lowest BCUT2D eigenvalue weighted by Gasteiger charge is -2.17. The summed E-state index contributed by atoms with van der Waals surface area (Å²) < 4.78 is 16.7. The molecule has 0 aromatic heterocycles. The van der Waals surface area contributed by atoms with Crippen LogP contribution in [0.1, 0.15) is 0 Å². The van der Waals surface area contributed by atoms with Crippen molar-refractivity contribution in [2.45, 2.75) is 24.4 Å². The first kappa shape index (κ1) is 11.5. The second-order valence-electron chi connectivity index (χ2n) is 4.43. The summed E-state index contributed by atoms with van der Waals surface area (Å²) in [6.45, 7) is 7.58. The summed E-state index contributed by atoms with van der Waals surface area (Å²) in [5.74, 6) is 0.682. The van der Waals surface area contributed by atoms with Crippen molar-refractivity contribution in [2.75, 3.05) is 13.2 Å². The van der Waals surface area contributed by atoms with Crippen LogP contribution < -0.4 is 4.74 Å². The molecule has 0 bridgehead atoms. The first-order chi connectivity index (χ1) is 8.78. The van der Waals surface area contributed by atoms with Gasteiger partial charge in [-0.25, -0.2) is 4.85 Å². The largest absolute Gasteiger partial charge is 0.485 e. The Balaban J connectivity index is 1.68. The van der Waals surface area contributed by atoms with Crippen LogP contribution in [-0.4, -0.2) is 42.7 Å². The van der Waals surface area contributed by atoms with Crippen molar-refractivity contribution in [2.24, 2.45) is 0 Å². The van der Waals surface area contributed by atoms with Crippen molar-refractivity contribution in [3.05, 3.63) is 35.7 Å². The van der Waals surface area contributed by atoms with E-state index < -0.39 is 6.10 Å². The third-order valence-electron chi connectivity index (χ3n) is 3.24. The van der Waals surface area contributed by atoms with Crippen molar-refractivity contribution in [1.29, 1.82) is 0 Å². The van der Waals surface area contributed by atoms with Gasteiger partial charge in [0.1, 0.15) is 24.1 Å². The van der Waals surface area contributed by atoms with Gasteiger partial charge in [0.05, 0.1) is 19.8 Å². The van der Waals surface area contributed by atoms with Crippen molar-refractivity contribution in [3.8, 4) is 5.75 Å². The highest BCUT2D eigenvalue weighted by atomic mass is 16.6. The smallest absolute Gasteiger partial charge is 0.187 e. The Labute approximate surface area is 105 Å². The maximum atomic E-state index is 9.61. The summed E-state index contributed by atoms with van der Waals surface area (Å²) in [5, 5.41) is 9.61. The quantitative estimate of drug-likeness (QED) is 0.796. The van der Waals surface area contributed by atoms with Gasteiger partial charge in [0.15, 0.2) is 11.8 Å². The molecule has 5 heteroatoms. The number of aliphatic hydroxyl groups excluding tert-OH is 1. The number of ether oxygens (including phenoxy) is 3. The predicted octanol–water partition coefficient (Wildman–Crippen LogP) is 1.14. The molecule has 5 nitrogen and oxygen atoms in total. The molecule has 0 saturated carbocycles. The van der Waals surface area contributed by atoms with E-state index >= 15 is 0 Å². The zero-order valence-electron chi connectivity index (χ0n) is 9.65. The van der Waals surface area contributed by atoms with Crippen LogP contribution in [0.25, 0.3) is 4.85 Å². The van der Waals surface area contributed by atoms with Crippen LogP contribution in [-0.2, 0) is 9.47 Å². The molecule has 0 spiro atoms. The second-order valence-corrected chi connectivity index (χ2v) is 4.43. The molecule has 3 rings (SSSR count). The van der Waals surface area contributed by atoms with Crippen LogP contribution in [0.5, 0.6) is 5.75 Å². The number of rotatable bonds is 2. The first-order valence-electron chi connectivity index (χ1n) is 5.83. The molecule has 0 unspecified atom stereocenters. The van der Waals surface area contributed by atoms with Crippen LogP contribution >= 0.6 is 0 Å². The second kappa shape index (κ2) is 4.58. The minimum atomic E-state index is -0.562. The minimum Gasteiger partial charge on any atom is -0.485 e. The first-order valence-corrected chi connectivity index (χ1v) is 5.83.